The normalized spacial score (nSPS) is 11.3. The summed E-state index contributed by atoms with van der Waals surface area (Å²) in [5, 5.41) is 0. The Morgan fingerprint density at radius 3 is 2.63 bits per heavy atom. The van der Waals surface area contributed by atoms with Crippen LogP contribution in [0.2, 0.25) is 0 Å². The molecule has 0 aliphatic rings. The van der Waals surface area contributed by atoms with Crippen LogP contribution in [0.3, 0.4) is 0 Å². The van der Waals surface area contributed by atoms with Crippen LogP contribution < -0.4 is 4.72 Å². The molecule has 1 heterocycles. The molecule has 0 spiro atoms. The van der Waals surface area contributed by atoms with Crippen molar-refractivity contribution in [3.05, 3.63) is 51.2 Å². The predicted molar refractivity (Wildman–Crippen MR) is 81.6 cm³/mol. The first-order chi connectivity index (χ1) is 8.90. The Kier molecular flexibility index (Phi) is 4.27. The van der Waals surface area contributed by atoms with Crippen LogP contribution in [-0.4, -0.2) is 13.4 Å². The van der Waals surface area contributed by atoms with Crippen LogP contribution in [0.25, 0.3) is 0 Å². The van der Waals surface area contributed by atoms with Gasteiger partial charge in [0.25, 0.3) is 10.0 Å². The molecule has 1 aromatic carbocycles. The van der Waals surface area contributed by atoms with E-state index in [0.29, 0.717) is 20.3 Å². The molecule has 0 aliphatic carbocycles. The first kappa shape index (κ1) is 14.5. The number of sulfonamides is 1. The highest BCUT2D eigenvalue weighted by atomic mass is 79.9. The van der Waals surface area contributed by atoms with Crippen molar-refractivity contribution in [3.8, 4) is 0 Å². The number of nitrogens with zero attached hydrogens (tertiary/aromatic N) is 1. The van der Waals surface area contributed by atoms with E-state index >= 15 is 0 Å². The van der Waals surface area contributed by atoms with Gasteiger partial charge < -0.3 is 0 Å². The number of hydrogen-bond acceptors (Lipinski definition) is 3. The maximum atomic E-state index is 12.3. The van der Waals surface area contributed by atoms with Crippen molar-refractivity contribution in [1.82, 2.24) is 4.98 Å². The first-order valence-electron chi connectivity index (χ1n) is 5.29. The summed E-state index contributed by atoms with van der Waals surface area (Å²) in [6.45, 7) is 1.74. The molecule has 19 heavy (non-hydrogen) atoms. The zero-order chi connectivity index (χ0) is 14.0. The smallest absolute Gasteiger partial charge is 0.263 e. The van der Waals surface area contributed by atoms with Gasteiger partial charge in [0.2, 0.25) is 0 Å². The highest BCUT2D eigenvalue weighted by molar-refractivity contribution is 9.11. The van der Waals surface area contributed by atoms with Gasteiger partial charge in [-0.05, 0) is 53.2 Å². The van der Waals surface area contributed by atoms with E-state index < -0.39 is 10.0 Å². The highest BCUT2D eigenvalue weighted by Crippen LogP contribution is 2.27. The monoisotopic (exact) mass is 404 g/mol. The van der Waals surface area contributed by atoms with Crippen molar-refractivity contribution in [2.24, 2.45) is 0 Å². The maximum Gasteiger partial charge on any atom is 0.263 e. The van der Waals surface area contributed by atoms with E-state index in [1.807, 2.05) is 0 Å². The number of halogens is 2. The minimum Gasteiger partial charge on any atom is -0.278 e. The standard InChI is InChI=1S/C12H10Br2N2O2S/c1-8-11(3-2-6-15-8)16-19(17,18)12-7-9(13)4-5-10(12)14/h2-7,16H,1H3. The summed E-state index contributed by atoms with van der Waals surface area (Å²) in [6.07, 6.45) is 1.61. The van der Waals surface area contributed by atoms with Gasteiger partial charge in [0.05, 0.1) is 11.4 Å². The number of benzene rings is 1. The topological polar surface area (TPSA) is 59.1 Å². The van der Waals surface area contributed by atoms with Gasteiger partial charge in [-0.1, -0.05) is 15.9 Å². The maximum absolute atomic E-state index is 12.3. The number of anilines is 1. The molecule has 0 radical (unpaired) electrons. The third-order valence-corrected chi connectivity index (χ3v) is 5.29. The number of rotatable bonds is 3. The van der Waals surface area contributed by atoms with E-state index in [9.17, 15) is 8.42 Å². The lowest BCUT2D eigenvalue weighted by molar-refractivity contribution is 0.600. The fourth-order valence-corrected chi connectivity index (χ4v) is 4.10. The molecule has 0 saturated heterocycles. The molecule has 1 N–H and O–H groups in total. The Balaban J connectivity index is 2.44. The van der Waals surface area contributed by atoms with E-state index in [4.69, 9.17) is 0 Å². The van der Waals surface area contributed by atoms with Crippen LogP contribution in [0.4, 0.5) is 5.69 Å². The summed E-state index contributed by atoms with van der Waals surface area (Å²) in [4.78, 5) is 4.22. The van der Waals surface area contributed by atoms with Gasteiger partial charge in [0.1, 0.15) is 4.90 Å². The molecule has 2 aromatic rings. The Labute approximate surface area is 128 Å². The fraction of sp³-hybridized carbons (Fsp3) is 0.0833. The minimum atomic E-state index is -3.66. The quantitative estimate of drug-likeness (QED) is 0.846. The molecule has 2 rings (SSSR count). The molecule has 0 bridgehead atoms. The van der Waals surface area contributed by atoms with Crippen molar-refractivity contribution in [2.45, 2.75) is 11.8 Å². The number of pyridine rings is 1. The number of aryl methyl sites for hydroxylation is 1. The van der Waals surface area contributed by atoms with Crippen LogP contribution in [-0.2, 0) is 10.0 Å². The van der Waals surface area contributed by atoms with Crippen molar-refractivity contribution >= 4 is 47.6 Å². The SMILES string of the molecule is Cc1ncccc1NS(=O)(=O)c1cc(Br)ccc1Br. The summed E-state index contributed by atoms with van der Waals surface area (Å²) in [6, 6.07) is 8.33. The van der Waals surface area contributed by atoms with Crippen molar-refractivity contribution < 1.29 is 8.42 Å². The number of aromatic nitrogens is 1. The van der Waals surface area contributed by atoms with E-state index in [0.717, 1.165) is 0 Å². The van der Waals surface area contributed by atoms with Gasteiger partial charge in [-0.2, -0.15) is 0 Å². The summed E-state index contributed by atoms with van der Waals surface area (Å²) in [7, 11) is -3.66. The molecule has 4 nitrogen and oxygen atoms in total. The molecule has 7 heteroatoms. The minimum absolute atomic E-state index is 0.171. The van der Waals surface area contributed by atoms with Gasteiger partial charge >= 0.3 is 0 Å². The molecule has 0 amide bonds. The summed E-state index contributed by atoms with van der Waals surface area (Å²) in [5.41, 5.74) is 1.09. The van der Waals surface area contributed by atoms with E-state index in [1.54, 1.807) is 37.4 Å². The van der Waals surface area contributed by atoms with E-state index in [2.05, 4.69) is 41.6 Å². The predicted octanol–water partition coefficient (Wildman–Crippen LogP) is 3.72. The molecular formula is C12H10Br2N2O2S. The van der Waals surface area contributed by atoms with Gasteiger partial charge in [0.15, 0.2) is 0 Å². The van der Waals surface area contributed by atoms with Crippen molar-refractivity contribution in [3.63, 3.8) is 0 Å². The third kappa shape index (κ3) is 3.34. The molecule has 0 aliphatic heterocycles. The van der Waals surface area contributed by atoms with Crippen molar-refractivity contribution in [2.75, 3.05) is 4.72 Å². The number of hydrogen-bond donors (Lipinski definition) is 1. The molecule has 1 aromatic heterocycles. The average molecular weight is 406 g/mol. The van der Waals surface area contributed by atoms with Crippen molar-refractivity contribution in [1.29, 1.82) is 0 Å². The average Bonchev–Trinajstić information content (AvgIpc) is 2.35. The second-order valence-corrected chi connectivity index (χ2v) is 7.24. The lowest BCUT2D eigenvalue weighted by Crippen LogP contribution is -2.14. The molecule has 0 fully saturated rings. The van der Waals surface area contributed by atoms with Gasteiger partial charge in [0, 0.05) is 15.1 Å². The van der Waals surface area contributed by atoms with Crippen LogP contribution in [0, 0.1) is 6.92 Å². The van der Waals surface area contributed by atoms with E-state index in [1.165, 1.54) is 6.07 Å². The van der Waals surface area contributed by atoms with Gasteiger partial charge in [-0.15, -0.1) is 0 Å². The Morgan fingerprint density at radius 2 is 1.95 bits per heavy atom. The first-order valence-corrected chi connectivity index (χ1v) is 8.36. The number of nitrogens with one attached hydrogen (secondary N) is 1. The van der Waals surface area contributed by atoms with Crippen LogP contribution >= 0.6 is 31.9 Å². The molecular weight excluding hydrogens is 396 g/mol. The Hall–Kier alpha value is -0.920. The lowest BCUT2D eigenvalue weighted by Gasteiger charge is -2.11. The summed E-state index contributed by atoms with van der Waals surface area (Å²) >= 11 is 6.51. The van der Waals surface area contributed by atoms with Gasteiger partial charge in [-0.25, -0.2) is 8.42 Å². The molecule has 100 valence electrons. The fourth-order valence-electron chi connectivity index (χ4n) is 1.47. The molecule has 0 saturated carbocycles. The highest BCUT2D eigenvalue weighted by Gasteiger charge is 2.19. The zero-order valence-electron chi connectivity index (χ0n) is 9.89. The van der Waals surface area contributed by atoms with E-state index in [-0.39, 0.29) is 4.90 Å². The second-order valence-electron chi connectivity index (χ2n) is 3.82. The van der Waals surface area contributed by atoms with Crippen LogP contribution in [0.15, 0.2) is 50.4 Å². The Bertz CT molecular complexity index is 717. The lowest BCUT2D eigenvalue weighted by atomic mass is 10.3. The second kappa shape index (κ2) is 5.60. The Morgan fingerprint density at radius 1 is 1.21 bits per heavy atom. The van der Waals surface area contributed by atoms with Gasteiger partial charge in [-0.3, -0.25) is 9.71 Å². The molecule has 0 unspecified atom stereocenters. The molecule has 0 atom stereocenters. The zero-order valence-corrected chi connectivity index (χ0v) is 13.9. The van der Waals surface area contributed by atoms with Crippen LogP contribution in [0.1, 0.15) is 5.69 Å². The third-order valence-electron chi connectivity index (χ3n) is 2.43. The van der Waals surface area contributed by atoms with Crippen LogP contribution in [0.5, 0.6) is 0 Å². The summed E-state index contributed by atoms with van der Waals surface area (Å²) in [5.74, 6) is 0. The summed E-state index contributed by atoms with van der Waals surface area (Å²) < 4.78 is 28.4. The largest absolute Gasteiger partial charge is 0.278 e.